The average Bonchev–Trinajstić information content (AvgIpc) is 2.25. The minimum atomic E-state index is -0.741. The first kappa shape index (κ1) is 11.7. The summed E-state index contributed by atoms with van der Waals surface area (Å²) in [6, 6.07) is 8.14. The molecule has 82 valence electrons. The molecule has 3 heteroatoms. The number of hydrogen-bond donors (Lipinski definition) is 2. The van der Waals surface area contributed by atoms with E-state index < -0.39 is 5.97 Å². The van der Waals surface area contributed by atoms with Crippen LogP contribution in [-0.4, -0.2) is 24.7 Å². The van der Waals surface area contributed by atoms with Crippen LogP contribution in [0.2, 0.25) is 0 Å². The standard InChI is InChI=1S/C12H17NO2/c1-13-9-8-11-4-2-10(3-5-11)6-7-12(14)15/h2-5,13H,6-9H2,1H3,(H,14,15). The van der Waals surface area contributed by atoms with E-state index in [1.54, 1.807) is 0 Å². The molecule has 15 heavy (non-hydrogen) atoms. The molecule has 1 aromatic carbocycles. The van der Waals surface area contributed by atoms with Gasteiger partial charge in [0.15, 0.2) is 0 Å². The van der Waals surface area contributed by atoms with E-state index in [1.165, 1.54) is 5.56 Å². The van der Waals surface area contributed by atoms with Crippen molar-refractivity contribution in [1.29, 1.82) is 0 Å². The summed E-state index contributed by atoms with van der Waals surface area (Å²) in [5, 5.41) is 11.6. The van der Waals surface area contributed by atoms with Crippen molar-refractivity contribution in [3.63, 3.8) is 0 Å². The van der Waals surface area contributed by atoms with Crippen LogP contribution < -0.4 is 5.32 Å². The van der Waals surface area contributed by atoms with Gasteiger partial charge in [0.1, 0.15) is 0 Å². The smallest absolute Gasteiger partial charge is 0.303 e. The zero-order valence-corrected chi connectivity index (χ0v) is 8.99. The van der Waals surface area contributed by atoms with Gasteiger partial charge in [0, 0.05) is 6.42 Å². The highest BCUT2D eigenvalue weighted by molar-refractivity contribution is 5.67. The minimum Gasteiger partial charge on any atom is -0.481 e. The Morgan fingerprint density at radius 1 is 1.20 bits per heavy atom. The van der Waals surface area contributed by atoms with Crippen molar-refractivity contribution < 1.29 is 9.90 Å². The third kappa shape index (κ3) is 4.61. The summed E-state index contributed by atoms with van der Waals surface area (Å²) in [4.78, 5) is 10.4. The minimum absolute atomic E-state index is 0.204. The Morgan fingerprint density at radius 3 is 2.20 bits per heavy atom. The Bertz CT molecular complexity index is 306. The molecule has 0 aliphatic heterocycles. The molecule has 0 fully saturated rings. The van der Waals surface area contributed by atoms with Gasteiger partial charge in [-0.3, -0.25) is 4.79 Å². The average molecular weight is 207 g/mol. The van der Waals surface area contributed by atoms with Crippen molar-refractivity contribution in [2.45, 2.75) is 19.3 Å². The summed E-state index contributed by atoms with van der Waals surface area (Å²) >= 11 is 0. The molecule has 2 N–H and O–H groups in total. The lowest BCUT2D eigenvalue weighted by atomic mass is 10.1. The molecule has 1 aromatic rings. The quantitative estimate of drug-likeness (QED) is 0.742. The lowest BCUT2D eigenvalue weighted by molar-refractivity contribution is -0.136. The first-order valence-electron chi connectivity index (χ1n) is 5.16. The number of benzene rings is 1. The summed E-state index contributed by atoms with van der Waals surface area (Å²) in [6.07, 6.45) is 1.83. The highest BCUT2D eigenvalue weighted by Crippen LogP contribution is 2.07. The van der Waals surface area contributed by atoms with Crippen LogP contribution >= 0.6 is 0 Å². The van der Waals surface area contributed by atoms with Crippen LogP contribution in [0.15, 0.2) is 24.3 Å². The van der Waals surface area contributed by atoms with E-state index in [2.05, 4.69) is 17.4 Å². The zero-order valence-electron chi connectivity index (χ0n) is 8.99. The molecule has 0 amide bonds. The Kier molecular flexibility index (Phi) is 4.84. The van der Waals surface area contributed by atoms with Crippen LogP contribution in [0.5, 0.6) is 0 Å². The van der Waals surface area contributed by atoms with Crippen LogP contribution in [0.1, 0.15) is 17.5 Å². The molecule has 0 unspecified atom stereocenters. The normalized spacial score (nSPS) is 10.2. The van der Waals surface area contributed by atoms with Gasteiger partial charge in [0.05, 0.1) is 0 Å². The van der Waals surface area contributed by atoms with E-state index in [-0.39, 0.29) is 6.42 Å². The number of likely N-dealkylation sites (N-methyl/N-ethyl adjacent to an activating group) is 1. The topological polar surface area (TPSA) is 49.3 Å². The fourth-order valence-corrected chi connectivity index (χ4v) is 1.39. The van der Waals surface area contributed by atoms with Gasteiger partial charge in [0.2, 0.25) is 0 Å². The number of aryl methyl sites for hydroxylation is 1. The molecule has 0 spiro atoms. The van der Waals surface area contributed by atoms with E-state index in [4.69, 9.17) is 5.11 Å². The Morgan fingerprint density at radius 2 is 1.73 bits per heavy atom. The van der Waals surface area contributed by atoms with Crippen LogP contribution in [0.25, 0.3) is 0 Å². The second kappa shape index (κ2) is 6.19. The Balaban J connectivity index is 2.45. The molecule has 0 radical (unpaired) electrons. The third-order valence-electron chi connectivity index (χ3n) is 2.31. The van der Waals surface area contributed by atoms with Crippen molar-refractivity contribution in [3.8, 4) is 0 Å². The van der Waals surface area contributed by atoms with E-state index in [0.717, 1.165) is 18.5 Å². The molecular formula is C12H17NO2. The first-order valence-corrected chi connectivity index (χ1v) is 5.16. The fourth-order valence-electron chi connectivity index (χ4n) is 1.39. The molecule has 0 saturated heterocycles. The molecule has 0 aliphatic rings. The maximum absolute atomic E-state index is 10.4. The Hall–Kier alpha value is -1.35. The van der Waals surface area contributed by atoms with Crippen LogP contribution in [0.4, 0.5) is 0 Å². The maximum Gasteiger partial charge on any atom is 0.303 e. The van der Waals surface area contributed by atoms with Gasteiger partial charge < -0.3 is 10.4 Å². The van der Waals surface area contributed by atoms with Gasteiger partial charge in [-0.2, -0.15) is 0 Å². The Labute approximate surface area is 90.1 Å². The zero-order chi connectivity index (χ0) is 11.1. The van der Waals surface area contributed by atoms with E-state index in [1.807, 2.05) is 19.2 Å². The van der Waals surface area contributed by atoms with E-state index in [0.29, 0.717) is 6.42 Å². The van der Waals surface area contributed by atoms with Gasteiger partial charge >= 0.3 is 5.97 Å². The maximum atomic E-state index is 10.4. The van der Waals surface area contributed by atoms with Crippen molar-refractivity contribution >= 4 is 5.97 Å². The number of hydrogen-bond acceptors (Lipinski definition) is 2. The number of aliphatic carboxylic acids is 1. The van der Waals surface area contributed by atoms with Crippen molar-refractivity contribution in [1.82, 2.24) is 5.32 Å². The molecule has 0 bridgehead atoms. The molecule has 0 aromatic heterocycles. The summed E-state index contributed by atoms with van der Waals surface area (Å²) in [7, 11) is 1.93. The van der Waals surface area contributed by atoms with Crippen molar-refractivity contribution in [2.75, 3.05) is 13.6 Å². The second-order valence-corrected chi connectivity index (χ2v) is 3.56. The number of carboxylic acid groups (broad SMARTS) is 1. The molecule has 1 rings (SSSR count). The largest absolute Gasteiger partial charge is 0.481 e. The lowest BCUT2D eigenvalue weighted by Gasteiger charge is -2.02. The molecule has 0 aliphatic carbocycles. The summed E-state index contributed by atoms with van der Waals surface area (Å²) < 4.78 is 0. The van der Waals surface area contributed by atoms with Crippen LogP contribution in [0, 0.1) is 0 Å². The molecule has 0 saturated carbocycles. The third-order valence-corrected chi connectivity index (χ3v) is 2.31. The lowest BCUT2D eigenvalue weighted by Crippen LogP contribution is -2.10. The van der Waals surface area contributed by atoms with Gasteiger partial charge in [-0.05, 0) is 37.6 Å². The first-order chi connectivity index (χ1) is 7.22. The summed E-state index contributed by atoms with van der Waals surface area (Å²) in [5.41, 5.74) is 2.37. The van der Waals surface area contributed by atoms with Crippen molar-refractivity contribution in [2.24, 2.45) is 0 Å². The summed E-state index contributed by atoms with van der Waals surface area (Å²) in [6.45, 7) is 0.967. The van der Waals surface area contributed by atoms with E-state index >= 15 is 0 Å². The molecule has 0 heterocycles. The monoisotopic (exact) mass is 207 g/mol. The fraction of sp³-hybridized carbons (Fsp3) is 0.417. The molecule has 0 atom stereocenters. The van der Waals surface area contributed by atoms with Gasteiger partial charge in [-0.15, -0.1) is 0 Å². The number of carbonyl (C=O) groups is 1. The van der Waals surface area contributed by atoms with Gasteiger partial charge in [0.25, 0.3) is 0 Å². The highest BCUT2D eigenvalue weighted by Gasteiger charge is 1.99. The van der Waals surface area contributed by atoms with Crippen LogP contribution in [0.3, 0.4) is 0 Å². The number of rotatable bonds is 6. The predicted octanol–water partition coefficient (Wildman–Crippen LogP) is 1.47. The van der Waals surface area contributed by atoms with Crippen LogP contribution in [-0.2, 0) is 17.6 Å². The molecule has 3 nitrogen and oxygen atoms in total. The van der Waals surface area contributed by atoms with E-state index in [9.17, 15) is 4.79 Å². The highest BCUT2D eigenvalue weighted by atomic mass is 16.4. The van der Waals surface area contributed by atoms with Gasteiger partial charge in [-0.25, -0.2) is 0 Å². The number of nitrogens with one attached hydrogen (secondary N) is 1. The second-order valence-electron chi connectivity index (χ2n) is 3.56. The SMILES string of the molecule is CNCCc1ccc(CCC(=O)O)cc1. The van der Waals surface area contributed by atoms with Crippen molar-refractivity contribution in [3.05, 3.63) is 35.4 Å². The molecular weight excluding hydrogens is 190 g/mol. The predicted molar refractivity (Wildman–Crippen MR) is 60.0 cm³/mol. The summed E-state index contributed by atoms with van der Waals surface area (Å²) in [5.74, 6) is -0.741. The number of carboxylic acids is 1. The van der Waals surface area contributed by atoms with Gasteiger partial charge in [-0.1, -0.05) is 24.3 Å².